The van der Waals surface area contributed by atoms with E-state index in [1.165, 1.54) is 28.8 Å². The predicted octanol–water partition coefficient (Wildman–Crippen LogP) is 5.27. The molecule has 1 N–H and O–H groups in total. The topological polar surface area (TPSA) is 20.7 Å². The van der Waals surface area contributed by atoms with E-state index in [1.54, 1.807) is 6.07 Å². The fourth-order valence-corrected chi connectivity index (χ4v) is 2.65. The largest absolute Gasteiger partial charge is 0.330 e. The van der Waals surface area contributed by atoms with Crippen molar-refractivity contribution in [3.63, 3.8) is 0 Å². The van der Waals surface area contributed by atoms with Crippen molar-refractivity contribution in [3.05, 3.63) is 56.8 Å². The molecular weight excluding hydrogens is 325 g/mol. The summed E-state index contributed by atoms with van der Waals surface area (Å²) >= 11 is 16.6. The van der Waals surface area contributed by atoms with Crippen molar-refractivity contribution in [2.75, 3.05) is 0 Å². The van der Waals surface area contributed by atoms with Crippen LogP contribution in [0.15, 0.2) is 30.3 Å². The molecule has 0 saturated carbocycles. The lowest BCUT2D eigenvalue weighted by molar-refractivity contribution is 0.618. The summed E-state index contributed by atoms with van der Waals surface area (Å²) in [5, 5.41) is -0.0688. The minimum Gasteiger partial charge on any atom is -0.330 e. The van der Waals surface area contributed by atoms with E-state index in [2.05, 4.69) is 4.98 Å². The number of aromatic amines is 1. The summed E-state index contributed by atoms with van der Waals surface area (Å²) in [6.45, 7) is 0. The molecule has 0 spiro atoms. The van der Waals surface area contributed by atoms with Crippen LogP contribution in [-0.4, -0.2) is 9.55 Å². The van der Waals surface area contributed by atoms with Crippen molar-refractivity contribution in [2.24, 2.45) is 0 Å². The van der Waals surface area contributed by atoms with Crippen LogP contribution in [0.25, 0.3) is 16.7 Å². The molecule has 0 saturated heterocycles. The number of H-pyrrole nitrogens is 1. The Kier molecular flexibility index (Phi) is 3.28. The normalized spacial score (nSPS) is 11.2. The summed E-state index contributed by atoms with van der Waals surface area (Å²) in [4.78, 5) is 2.86. The van der Waals surface area contributed by atoms with E-state index in [0.29, 0.717) is 11.0 Å². The Labute approximate surface area is 127 Å². The third-order valence-corrected chi connectivity index (χ3v) is 3.76. The Morgan fingerprint density at radius 3 is 2.60 bits per heavy atom. The molecule has 0 aliphatic carbocycles. The van der Waals surface area contributed by atoms with Gasteiger partial charge in [-0.15, -0.1) is 0 Å². The minimum absolute atomic E-state index is 0.0341. The van der Waals surface area contributed by atoms with Gasteiger partial charge in [-0.1, -0.05) is 29.3 Å². The number of hydrogen-bond acceptors (Lipinski definition) is 1. The van der Waals surface area contributed by atoms with E-state index in [9.17, 15) is 8.78 Å². The van der Waals surface area contributed by atoms with Gasteiger partial charge in [0.15, 0.2) is 10.6 Å². The van der Waals surface area contributed by atoms with Gasteiger partial charge in [0.05, 0.1) is 26.8 Å². The maximum absolute atomic E-state index is 14.1. The number of hydrogen-bond donors (Lipinski definition) is 1. The molecule has 1 aromatic heterocycles. The Bertz CT molecular complexity index is 886. The van der Waals surface area contributed by atoms with Gasteiger partial charge in [-0.3, -0.25) is 4.57 Å². The van der Waals surface area contributed by atoms with Crippen LogP contribution in [0.5, 0.6) is 0 Å². The van der Waals surface area contributed by atoms with Crippen LogP contribution < -0.4 is 0 Å². The number of halogens is 4. The highest BCUT2D eigenvalue weighted by Crippen LogP contribution is 2.28. The van der Waals surface area contributed by atoms with Crippen LogP contribution in [0.2, 0.25) is 10.0 Å². The molecule has 0 unspecified atom stereocenters. The molecule has 0 aliphatic heterocycles. The van der Waals surface area contributed by atoms with Crippen LogP contribution in [0.3, 0.4) is 0 Å². The Morgan fingerprint density at radius 2 is 1.85 bits per heavy atom. The van der Waals surface area contributed by atoms with Crippen molar-refractivity contribution in [3.8, 4) is 5.69 Å². The molecule has 3 aromatic rings. The number of benzene rings is 2. The van der Waals surface area contributed by atoms with E-state index >= 15 is 0 Å². The Hall–Kier alpha value is -1.43. The molecule has 0 fully saturated rings. The maximum atomic E-state index is 14.1. The highest BCUT2D eigenvalue weighted by atomic mass is 35.5. The van der Waals surface area contributed by atoms with Gasteiger partial charge in [0.2, 0.25) is 0 Å². The van der Waals surface area contributed by atoms with Crippen molar-refractivity contribution in [1.29, 1.82) is 0 Å². The second-order valence-corrected chi connectivity index (χ2v) is 5.32. The zero-order chi connectivity index (χ0) is 14.4. The number of nitrogens with one attached hydrogen (secondary N) is 1. The summed E-state index contributed by atoms with van der Waals surface area (Å²) < 4.78 is 29.3. The fourth-order valence-electron chi connectivity index (χ4n) is 2.01. The van der Waals surface area contributed by atoms with Crippen molar-refractivity contribution in [1.82, 2.24) is 9.55 Å². The number of rotatable bonds is 1. The van der Waals surface area contributed by atoms with Crippen LogP contribution >= 0.6 is 35.4 Å². The van der Waals surface area contributed by atoms with Gasteiger partial charge in [-0.2, -0.15) is 0 Å². The zero-order valence-corrected chi connectivity index (χ0v) is 12.1. The lowest BCUT2D eigenvalue weighted by Gasteiger charge is -2.07. The van der Waals surface area contributed by atoms with Gasteiger partial charge in [-0.25, -0.2) is 8.78 Å². The van der Waals surface area contributed by atoms with Gasteiger partial charge in [0, 0.05) is 6.07 Å². The van der Waals surface area contributed by atoms with Crippen LogP contribution in [0, 0.1) is 16.4 Å². The molecule has 0 bridgehead atoms. The van der Waals surface area contributed by atoms with Gasteiger partial charge in [0.25, 0.3) is 0 Å². The smallest absolute Gasteiger partial charge is 0.182 e. The lowest BCUT2D eigenvalue weighted by atomic mass is 10.2. The van der Waals surface area contributed by atoms with Gasteiger partial charge in [0.1, 0.15) is 5.82 Å². The SMILES string of the molecule is Fc1cc2c(cc1Cl)[nH]c(=S)n2-c1cccc(Cl)c1F. The van der Waals surface area contributed by atoms with E-state index in [0.717, 1.165) is 0 Å². The molecule has 2 nitrogen and oxygen atoms in total. The second-order valence-electron chi connectivity index (χ2n) is 4.12. The highest BCUT2D eigenvalue weighted by Gasteiger charge is 2.14. The molecule has 7 heteroatoms. The number of fused-ring (bicyclic) bond motifs is 1. The maximum Gasteiger partial charge on any atom is 0.182 e. The predicted molar refractivity (Wildman–Crippen MR) is 78.4 cm³/mol. The highest BCUT2D eigenvalue weighted by molar-refractivity contribution is 7.71. The van der Waals surface area contributed by atoms with Gasteiger partial charge >= 0.3 is 0 Å². The molecule has 2 aromatic carbocycles. The lowest BCUT2D eigenvalue weighted by Crippen LogP contribution is -1.98. The van der Waals surface area contributed by atoms with Crippen molar-refractivity contribution < 1.29 is 8.78 Å². The number of aromatic nitrogens is 2. The van der Waals surface area contributed by atoms with E-state index in [-0.39, 0.29) is 20.5 Å². The van der Waals surface area contributed by atoms with E-state index < -0.39 is 11.6 Å². The quantitative estimate of drug-likeness (QED) is 0.602. The summed E-state index contributed by atoms with van der Waals surface area (Å²) in [7, 11) is 0. The summed E-state index contributed by atoms with van der Waals surface area (Å²) in [6, 6.07) is 7.13. The average molecular weight is 331 g/mol. The molecule has 0 radical (unpaired) electrons. The summed E-state index contributed by atoms with van der Waals surface area (Å²) in [6.07, 6.45) is 0. The van der Waals surface area contributed by atoms with Crippen molar-refractivity contribution in [2.45, 2.75) is 0 Å². The zero-order valence-electron chi connectivity index (χ0n) is 9.75. The third kappa shape index (κ3) is 2.02. The first-order valence-electron chi connectivity index (χ1n) is 5.53. The van der Waals surface area contributed by atoms with Crippen LogP contribution in [0.1, 0.15) is 0 Å². The van der Waals surface area contributed by atoms with Crippen LogP contribution in [-0.2, 0) is 0 Å². The van der Waals surface area contributed by atoms with Gasteiger partial charge < -0.3 is 4.98 Å². The Balaban J connectivity index is 2.42. The summed E-state index contributed by atoms with van der Waals surface area (Å²) in [5.41, 5.74) is 1.05. The number of imidazole rings is 1. The van der Waals surface area contributed by atoms with Gasteiger partial charge in [-0.05, 0) is 30.4 Å². The fraction of sp³-hybridized carbons (Fsp3) is 0. The first-order chi connectivity index (χ1) is 9.49. The van der Waals surface area contributed by atoms with E-state index in [4.69, 9.17) is 35.4 Å². The standard InChI is InChI=1S/C13H6Cl2F2N2S/c14-6-2-1-3-10(12(6)17)19-11-5-8(16)7(15)4-9(11)18-13(19)20/h1-5H,(H,18,20). The molecule has 20 heavy (non-hydrogen) atoms. The Morgan fingerprint density at radius 1 is 1.10 bits per heavy atom. The van der Waals surface area contributed by atoms with E-state index in [1.807, 2.05) is 0 Å². The van der Waals surface area contributed by atoms with Crippen LogP contribution in [0.4, 0.5) is 8.78 Å². The monoisotopic (exact) mass is 330 g/mol. The molecule has 0 amide bonds. The first kappa shape index (κ1) is 13.5. The molecule has 102 valence electrons. The first-order valence-corrected chi connectivity index (χ1v) is 6.69. The molecule has 3 rings (SSSR count). The second kappa shape index (κ2) is 4.84. The summed E-state index contributed by atoms with van der Waals surface area (Å²) in [5.74, 6) is -1.23. The minimum atomic E-state index is -0.624. The number of nitrogens with zero attached hydrogens (tertiary/aromatic N) is 1. The molecule has 1 heterocycles. The molecule has 0 aliphatic rings. The average Bonchev–Trinajstić information content (AvgIpc) is 2.69. The molecular formula is C13H6Cl2F2N2S. The third-order valence-electron chi connectivity index (χ3n) is 2.90. The van der Waals surface area contributed by atoms with Crippen molar-refractivity contribution >= 4 is 46.5 Å². The molecule has 0 atom stereocenters.